The number of carbonyl (C=O) groups is 2. The third-order valence-electron chi connectivity index (χ3n) is 4.11. The predicted octanol–water partition coefficient (Wildman–Crippen LogP) is 2.85. The topological polar surface area (TPSA) is 112 Å². The highest BCUT2D eigenvalue weighted by atomic mass is 16.5. The van der Waals surface area contributed by atoms with Crippen LogP contribution in [0.4, 0.5) is 5.69 Å². The maximum absolute atomic E-state index is 12.9. The summed E-state index contributed by atoms with van der Waals surface area (Å²) < 4.78 is 17.2. The Morgan fingerprint density at radius 3 is 2.28 bits per heavy atom. The molecule has 0 spiro atoms. The lowest BCUT2D eigenvalue weighted by Crippen LogP contribution is -2.15. The van der Waals surface area contributed by atoms with Gasteiger partial charge in [-0.3, -0.25) is 4.79 Å². The summed E-state index contributed by atoms with van der Waals surface area (Å²) in [5.41, 5.74) is 0.834. The Morgan fingerprint density at radius 1 is 1.00 bits per heavy atom. The Hall–Kier alpha value is -4.01. The number of aromatic nitrogens is 2. The van der Waals surface area contributed by atoms with E-state index in [0.29, 0.717) is 0 Å². The fourth-order valence-electron chi connectivity index (χ4n) is 2.74. The Labute approximate surface area is 166 Å². The molecule has 1 aromatic heterocycles. The molecule has 0 aliphatic carbocycles. The van der Waals surface area contributed by atoms with Crippen molar-refractivity contribution in [2.24, 2.45) is 0 Å². The van der Waals surface area contributed by atoms with Crippen molar-refractivity contribution < 1.29 is 28.9 Å². The summed E-state index contributed by atoms with van der Waals surface area (Å²) in [7, 11) is 4.19. The van der Waals surface area contributed by atoms with Gasteiger partial charge in [-0.15, -0.1) is 0 Å². The van der Waals surface area contributed by atoms with Gasteiger partial charge in [0.15, 0.2) is 22.9 Å². The first-order chi connectivity index (χ1) is 14.0. The first kappa shape index (κ1) is 19.7. The lowest BCUT2D eigenvalue weighted by atomic mass is 10.1. The van der Waals surface area contributed by atoms with Crippen LogP contribution in [0.25, 0.3) is 5.69 Å². The van der Waals surface area contributed by atoms with Gasteiger partial charge < -0.3 is 24.6 Å². The van der Waals surface area contributed by atoms with Crippen LogP contribution in [0.2, 0.25) is 0 Å². The third kappa shape index (κ3) is 3.98. The fourth-order valence-corrected chi connectivity index (χ4v) is 2.74. The number of nitrogens with one attached hydrogen (secondary N) is 1. The van der Waals surface area contributed by atoms with E-state index in [9.17, 15) is 14.7 Å². The molecule has 9 nitrogen and oxygen atoms in total. The molecular weight excluding hydrogens is 378 g/mol. The zero-order valence-corrected chi connectivity index (χ0v) is 16.0. The number of amides is 1. The number of para-hydroxylation sites is 1. The SMILES string of the molecule is COc1cn(-c2ccccc2)nc1C(=O)Nc1cc(C(=O)O)cc(OC)c1OC. The normalized spacial score (nSPS) is 10.3. The van der Waals surface area contributed by atoms with Crippen molar-refractivity contribution >= 4 is 17.6 Å². The highest BCUT2D eigenvalue weighted by Gasteiger charge is 2.22. The Bertz CT molecular complexity index is 1050. The molecule has 0 aliphatic rings. The first-order valence-corrected chi connectivity index (χ1v) is 8.48. The molecule has 2 N–H and O–H groups in total. The van der Waals surface area contributed by atoms with E-state index in [1.54, 1.807) is 6.20 Å². The zero-order chi connectivity index (χ0) is 21.0. The number of benzene rings is 2. The standard InChI is InChI=1S/C20H19N3O6/c1-27-15-10-12(20(25)26)9-14(18(15)29-3)21-19(24)17-16(28-2)11-23(22-17)13-7-5-4-6-8-13/h4-11H,1-3H3,(H,21,24)(H,25,26). The van der Waals surface area contributed by atoms with Crippen LogP contribution >= 0.6 is 0 Å². The average Bonchev–Trinajstić information content (AvgIpc) is 3.18. The number of carboxylic acids is 1. The molecule has 0 bridgehead atoms. The summed E-state index contributed by atoms with van der Waals surface area (Å²) in [5, 5.41) is 16.2. The molecule has 1 heterocycles. The van der Waals surface area contributed by atoms with Crippen molar-refractivity contribution in [3.8, 4) is 22.9 Å². The van der Waals surface area contributed by atoms with Crippen LogP contribution in [0.15, 0.2) is 48.7 Å². The largest absolute Gasteiger partial charge is 0.493 e. The third-order valence-corrected chi connectivity index (χ3v) is 4.11. The number of ether oxygens (including phenoxy) is 3. The van der Waals surface area contributed by atoms with Gasteiger partial charge in [-0.1, -0.05) is 18.2 Å². The van der Waals surface area contributed by atoms with Crippen molar-refractivity contribution in [2.45, 2.75) is 0 Å². The van der Waals surface area contributed by atoms with Gasteiger partial charge in [0.05, 0.1) is 44.5 Å². The van der Waals surface area contributed by atoms with Gasteiger partial charge in [-0.2, -0.15) is 5.10 Å². The average molecular weight is 397 g/mol. The quantitative estimate of drug-likeness (QED) is 0.630. The van der Waals surface area contributed by atoms with E-state index in [1.807, 2.05) is 30.3 Å². The second-order valence-corrected chi connectivity index (χ2v) is 5.84. The lowest BCUT2D eigenvalue weighted by molar-refractivity contribution is 0.0696. The van der Waals surface area contributed by atoms with Gasteiger partial charge in [0, 0.05) is 0 Å². The molecule has 0 atom stereocenters. The van der Waals surface area contributed by atoms with Crippen molar-refractivity contribution in [1.82, 2.24) is 9.78 Å². The molecule has 0 saturated heterocycles. The number of anilines is 1. The van der Waals surface area contributed by atoms with E-state index in [1.165, 1.54) is 38.1 Å². The van der Waals surface area contributed by atoms with Crippen molar-refractivity contribution in [3.05, 3.63) is 59.9 Å². The molecule has 3 aromatic rings. The van der Waals surface area contributed by atoms with E-state index < -0.39 is 11.9 Å². The Balaban J connectivity index is 1.99. The zero-order valence-electron chi connectivity index (χ0n) is 16.0. The summed E-state index contributed by atoms with van der Waals surface area (Å²) in [6, 6.07) is 11.8. The molecular formula is C20H19N3O6. The molecule has 29 heavy (non-hydrogen) atoms. The van der Waals surface area contributed by atoms with Gasteiger partial charge in [0.2, 0.25) is 0 Å². The second kappa shape index (κ2) is 8.34. The smallest absolute Gasteiger partial charge is 0.335 e. The Kier molecular flexibility index (Phi) is 5.68. The van der Waals surface area contributed by atoms with Crippen molar-refractivity contribution in [1.29, 1.82) is 0 Å². The van der Waals surface area contributed by atoms with Gasteiger partial charge in [-0.05, 0) is 24.3 Å². The van der Waals surface area contributed by atoms with E-state index >= 15 is 0 Å². The minimum Gasteiger partial charge on any atom is -0.493 e. The van der Waals surface area contributed by atoms with E-state index in [2.05, 4.69) is 10.4 Å². The summed E-state index contributed by atoms with van der Waals surface area (Å²) in [4.78, 5) is 24.3. The van der Waals surface area contributed by atoms with Gasteiger partial charge in [-0.25, -0.2) is 9.48 Å². The minimum atomic E-state index is -1.17. The van der Waals surface area contributed by atoms with Crippen molar-refractivity contribution in [2.75, 3.05) is 26.6 Å². The predicted molar refractivity (Wildman–Crippen MR) is 105 cm³/mol. The van der Waals surface area contributed by atoms with Crippen LogP contribution in [0.5, 0.6) is 17.2 Å². The highest BCUT2D eigenvalue weighted by molar-refractivity contribution is 6.06. The summed E-state index contributed by atoms with van der Waals surface area (Å²) in [5.74, 6) is -1.16. The van der Waals surface area contributed by atoms with Crippen molar-refractivity contribution in [3.63, 3.8) is 0 Å². The van der Waals surface area contributed by atoms with Crippen LogP contribution in [-0.4, -0.2) is 48.1 Å². The number of carboxylic acid groups (broad SMARTS) is 1. The molecule has 0 unspecified atom stereocenters. The second-order valence-electron chi connectivity index (χ2n) is 5.84. The number of carbonyl (C=O) groups excluding carboxylic acids is 1. The minimum absolute atomic E-state index is 0.0260. The number of hydrogen-bond acceptors (Lipinski definition) is 6. The van der Waals surface area contributed by atoms with E-state index in [-0.39, 0.29) is 34.2 Å². The van der Waals surface area contributed by atoms with Gasteiger partial charge >= 0.3 is 5.97 Å². The van der Waals surface area contributed by atoms with E-state index in [0.717, 1.165) is 5.69 Å². The fraction of sp³-hybridized carbons (Fsp3) is 0.150. The van der Waals surface area contributed by atoms with Gasteiger partial charge in [0.25, 0.3) is 5.91 Å². The molecule has 9 heteroatoms. The summed E-state index contributed by atoms with van der Waals surface area (Å²) in [6.07, 6.45) is 1.58. The molecule has 150 valence electrons. The van der Waals surface area contributed by atoms with Crippen LogP contribution in [-0.2, 0) is 0 Å². The number of rotatable bonds is 7. The monoisotopic (exact) mass is 397 g/mol. The molecule has 2 aromatic carbocycles. The first-order valence-electron chi connectivity index (χ1n) is 8.48. The summed E-state index contributed by atoms with van der Waals surface area (Å²) >= 11 is 0. The molecule has 0 aliphatic heterocycles. The van der Waals surface area contributed by atoms with Gasteiger partial charge in [0.1, 0.15) is 0 Å². The van der Waals surface area contributed by atoms with Crippen LogP contribution < -0.4 is 19.5 Å². The van der Waals surface area contributed by atoms with Crippen LogP contribution in [0, 0.1) is 0 Å². The number of methoxy groups -OCH3 is 3. The number of nitrogens with zero attached hydrogens (tertiary/aromatic N) is 2. The van der Waals surface area contributed by atoms with Crippen LogP contribution in [0.3, 0.4) is 0 Å². The Morgan fingerprint density at radius 2 is 1.69 bits per heavy atom. The van der Waals surface area contributed by atoms with E-state index in [4.69, 9.17) is 14.2 Å². The molecule has 1 amide bonds. The number of hydrogen-bond donors (Lipinski definition) is 2. The maximum Gasteiger partial charge on any atom is 0.335 e. The summed E-state index contributed by atoms with van der Waals surface area (Å²) in [6.45, 7) is 0. The molecule has 0 fully saturated rings. The lowest BCUT2D eigenvalue weighted by Gasteiger charge is -2.14. The molecule has 3 rings (SSSR count). The highest BCUT2D eigenvalue weighted by Crippen LogP contribution is 2.37. The van der Waals surface area contributed by atoms with Crippen LogP contribution in [0.1, 0.15) is 20.8 Å². The molecule has 0 saturated carbocycles. The molecule has 0 radical (unpaired) electrons. The number of aromatic carboxylic acids is 1. The maximum atomic E-state index is 12.9.